The van der Waals surface area contributed by atoms with E-state index in [1.165, 1.54) is 24.3 Å². The van der Waals surface area contributed by atoms with E-state index in [2.05, 4.69) is 23.7 Å². The summed E-state index contributed by atoms with van der Waals surface area (Å²) in [4.78, 5) is 23.3. The van der Waals surface area contributed by atoms with Crippen LogP contribution < -0.4 is 0 Å². The first-order chi connectivity index (χ1) is 17.5. The van der Waals surface area contributed by atoms with Gasteiger partial charge in [0.15, 0.2) is 0 Å². The lowest BCUT2D eigenvalue weighted by Gasteiger charge is -2.11. The van der Waals surface area contributed by atoms with Crippen LogP contribution in [0, 0.1) is 23.7 Å². The van der Waals surface area contributed by atoms with Crippen LogP contribution in [0.5, 0.6) is 0 Å². The number of benzene rings is 2. The molecule has 0 atom stereocenters. The third kappa shape index (κ3) is 9.53. The summed E-state index contributed by atoms with van der Waals surface area (Å²) >= 11 is 0. The molecule has 0 amide bonds. The predicted octanol–water partition coefficient (Wildman–Crippen LogP) is 3.56. The molecule has 36 heavy (non-hydrogen) atoms. The number of rotatable bonds is 13. The lowest BCUT2D eigenvalue weighted by atomic mass is 9.92. The maximum atomic E-state index is 11.6. The number of hydrogen-bond donors (Lipinski definition) is 2. The molecule has 0 aliphatic heterocycles. The molecule has 2 aromatic rings. The van der Waals surface area contributed by atoms with E-state index in [9.17, 15) is 19.8 Å². The number of carboxylic acids is 2. The highest BCUT2D eigenvalue weighted by atomic mass is 16.5. The van der Waals surface area contributed by atoms with Gasteiger partial charge in [0.25, 0.3) is 0 Å². The number of hydrogen-bond acceptors (Lipinski definition) is 6. The van der Waals surface area contributed by atoms with E-state index >= 15 is 0 Å². The van der Waals surface area contributed by atoms with E-state index in [1.54, 1.807) is 12.1 Å². The fourth-order valence-corrected chi connectivity index (χ4v) is 3.05. The zero-order valence-electron chi connectivity index (χ0n) is 20.5. The van der Waals surface area contributed by atoms with Crippen LogP contribution in [0.3, 0.4) is 0 Å². The molecule has 0 radical (unpaired) electrons. The summed E-state index contributed by atoms with van der Waals surface area (Å²) < 4.78 is 21.3. The molecule has 0 spiro atoms. The standard InChI is InChI=1S/C28H30O8/c1-3-33-15-17-35-13-5-7-21-9-11-23(27(29)30)19-25(21)26-20-24(28(31)32)12-10-22(26)8-6-14-36-18-16-34-4-2/h9-12,19-20H,3-4,13-18H2,1-2H3,(H,29,30)(H,31,32). The Hall–Kier alpha value is -3.66. The second-order valence-corrected chi connectivity index (χ2v) is 7.23. The van der Waals surface area contributed by atoms with E-state index < -0.39 is 11.9 Å². The van der Waals surface area contributed by atoms with E-state index in [-0.39, 0.29) is 24.3 Å². The Labute approximate surface area is 211 Å². The quantitative estimate of drug-likeness (QED) is 0.321. The summed E-state index contributed by atoms with van der Waals surface area (Å²) in [6, 6.07) is 9.01. The van der Waals surface area contributed by atoms with E-state index in [1.807, 2.05) is 13.8 Å². The molecule has 0 heterocycles. The van der Waals surface area contributed by atoms with Crippen molar-refractivity contribution in [2.24, 2.45) is 0 Å². The minimum Gasteiger partial charge on any atom is -0.478 e. The summed E-state index contributed by atoms with van der Waals surface area (Å²) in [5, 5.41) is 19.0. The van der Waals surface area contributed by atoms with Crippen molar-refractivity contribution in [1.29, 1.82) is 0 Å². The highest BCUT2D eigenvalue weighted by Gasteiger charge is 2.15. The topological polar surface area (TPSA) is 112 Å². The molecule has 0 saturated carbocycles. The Kier molecular flexibility index (Phi) is 12.8. The molecule has 8 nitrogen and oxygen atoms in total. The Bertz CT molecular complexity index is 1060. The van der Waals surface area contributed by atoms with E-state index in [0.717, 1.165) is 0 Å². The van der Waals surface area contributed by atoms with Gasteiger partial charge in [0.05, 0.1) is 37.6 Å². The van der Waals surface area contributed by atoms with E-state index in [4.69, 9.17) is 18.9 Å². The van der Waals surface area contributed by atoms with Crippen LogP contribution in [-0.2, 0) is 18.9 Å². The zero-order valence-corrected chi connectivity index (χ0v) is 20.5. The van der Waals surface area contributed by atoms with Gasteiger partial charge in [-0.25, -0.2) is 9.59 Å². The highest BCUT2D eigenvalue weighted by Crippen LogP contribution is 2.29. The lowest BCUT2D eigenvalue weighted by Crippen LogP contribution is -2.04. The van der Waals surface area contributed by atoms with Crippen LogP contribution >= 0.6 is 0 Å². The number of ether oxygens (including phenoxy) is 4. The number of carboxylic acid groups (broad SMARTS) is 2. The van der Waals surface area contributed by atoms with Gasteiger partial charge in [0.1, 0.15) is 13.2 Å². The number of aromatic carboxylic acids is 2. The first-order valence-corrected chi connectivity index (χ1v) is 11.5. The molecule has 2 rings (SSSR count). The van der Waals surface area contributed by atoms with Gasteiger partial charge >= 0.3 is 11.9 Å². The van der Waals surface area contributed by atoms with Crippen LogP contribution in [0.4, 0.5) is 0 Å². The largest absolute Gasteiger partial charge is 0.478 e. The van der Waals surface area contributed by atoms with Gasteiger partial charge in [-0.1, -0.05) is 23.7 Å². The van der Waals surface area contributed by atoms with Crippen molar-refractivity contribution in [3.05, 3.63) is 58.7 Å². The molecule has 0 aromatic heterocycles. The monoisotopic (exact) mass is 494 g/mol. The first kappa shape index (κ1) is 28.6. The van der Waals surface area contributed by atoms with Gasteiger partial charge in [0.2, 0.25) is 0 Å². The van der Waals surface area contributed by atoms with Crippen molar-refractivity contribution in [2.75, 3.05) is 52.9 Å². The van der Waals surface area contributed by atoms with Crippen molar-refractivity contribution < 1.29 is 38.7 Å². The van der Waals surface area contributed by atoms with Gasteiger partial charge in [-0.05, 0) is 61.4 Å². The third-order valence-electron chi connectivity index (χ3n) is 4.77. The summed E-state index contributed by atoms with van der Waals surface area (Å²) in [6.45, 7) is 7.07. The zero-order chi connectivity index (χ0) is 26.2. The second-order valence-electron chi connectivity index (χ2n) is 7.23. The van der Waals surface area contributed by atoms with Crippen LogP contribution in [-0.4, -0.2) is 75.0 Å². The van der Waals surface area contributed by atoms with Crippen molar-refractivity contribution in [2.45, 2.75) is 13.8 Å². The Balaban J connectivity index is 2.40. The van der Waals surface area contributed by atoms with Crippen molar-refractivity contribution >= 4 is 11.9 Å². The molecule has 2 aromatic carbocycles. The normalized spacial score (nSPS) is 10.2. The maximum absolute atomic E-state index is 11.6. The Morgan fingerprint density at radius 3 is 1.42 bits per heavy atom. The predicted molar refractivity (Wildman–Crippen MR) is 134 cm³/mol. The lowest BCUT2D eigenvalue weighted by molar-refractivity contribution is 0.0662. The summed E-state index contributed by atoms with van der Waals surface area (Å²) in [5.41, 5.74) is 2.05. The molecule has 0 bridgehead atoms. The molecular formula is C28H30O8. The molecule has 0 fully saturated rings. The Morgan fingerprint density at radius 1 is 0.667 bits per heavy atom. The maximum Gasteiger partial charge on any atom is 0.335 e. The molecule has 0 aliphatic rings. The van der Waals surface area contributed by atoms with Crippen LogP contribution in [0.25, 0.3) is 11.1 Å². The second kappa shape index (κ2) is 16.1. The van der Waals surface area contributed by atoms with Crippen LogP contribution in [0.15, 0.2) is 36.4 Å². The minimum atomic E-state index is -1.11. The van der Waals surface area contributed by atoms with Gasteiger partial charge < -0.3 is 29.2 Å². The summed E-state index contributed by atoms with van der Waals surface area (Å²) in [6.07, 6.45) is 0. The SMILES string of the molecule is CCOCCOCC#Cc1ccc(C(=O)O)cc1-c1cc(C(=O)O)ccc1C#CCOCCOCC. The minimum absolute atomic E-state index is 0.0439. The molecule has 8 heteroatoms. The van der Waals surface area contributed by atoms with Crippen molar-refractivity contribution in [1.82, 2.24) is 0 Å². The molecule has 0 saturated heterocycles. The van der Waals surface area contributed by atoms with Crippen LogP contribution in [0.2, 0.25) is 0 Å². The van der Waals surface area contributed by atoms with Gasteiger partial charge in [-0.15, -0.1) is 0 Å². The Morgan fingerprint density at radius 2 is 1.06 bits per heavy atom. The van der Waals surface area contributed by atoms with Gasteiger partial charge in [-0.3, -0.25) is 0 Å². The average Bonchev–Trinajstić information content (AvgIpc) is 2.87. The van der Waals surface area contributed by atoms with Crippen LogP contribution in [0.1, 0.15) is 45.7 Å². The van der Waals surface area contributed by atoms with Crippen molar-refractivity contribution in [3.63, 3.8) is 0 Å². The molecule has 0 aliphatic carbocycles. The fourth-order valence-electron chi connectivity index (χ4n) is 3.05. The fraction of sp³-hybridized carbons (Fsp3) is 0.357. The summed E-state index contributed by atoms with van der Waals surface area (Å²) in [5.74, 6) is 9.60. The molecular weight excluding hydrogens is 464 g/mol. The third-order valence-corrected chi connectivity index (χ3v) is 4.77. The smallest absolute Gasteiger partial charge is 0.335 e. The average molecular weight is 495 g/mol. The van der Waals surface area contributed by atoms with E-state index in [0.29, 0.717) is 61.9 Å². The molecule has 0 unspecified atom stereocenters. The molecule has 2 N–H and O–H groups in total. The van der Waals surface area contributed by atoms with Gasteiger partial charge in [0, 0.05) is 24.3 Å². The van der Waals surface area contributed by atoms with Crippen molar-refractivity contribution in [3.8, 4) is 34.8 Å². The number of carbonyl (C=O) groups is 2. The van der Waals surface area contributed by atoms with Gasteiger partial charge in [-0.2, -0.15) is 0 Å². The summed E-state index contributed by atoms with van der Waals surface area (Å²) in [7, 11) is 0. The molecule has 190 valence electrons. The highest BCUT2D eigenvalue weighted by molar-refractivity contribution is 5.93. The first-order valence-electron chi connectivity index (χ1n) is 11.5.